The van der Waals surface area contributed by atoms with Gasteiger partial charge in [-0.05, 0) is 29.8 Å². The molecule has 128 valence electrons. The highest BCUT2D eigenvalue weighted by Gasteiger charge is 2.18. The van der Waals surface area contributed by atoms with Gasteiger partial charge in [0.05, 0.1) is 11.8 Å². The Labute approximate surface area is 145 Å². The molecule has 0 spiro atoms. The summed E-state index contributed by atoms with van der Waals surface area (Å²) in [6.07, 6.45) is 1.00. The van der Waals surface area contributed by atoms with Gasteiger partial charge < -0.3 is 10.0 Å². The lowest BCUT2D eigenvalue weighted by atomic mass is 10.1. The highest BCUT2D eigenvalue weighted by atomic mass is 35.5. The number of phenolic OH excluding ortho intramolecular Hbond substituents is 1. The van der Waals surface area contributed by atoms with Crippen molar-refractivity contribution in [3.8, 4) is 5.75 Å². The quantitative estimate of drug-likeness (QED) is 0.794. The molecule has 0 aromatic heterocycles. The lowest BCUT2D eigenvalue weighted by Gasteiger charge is -2.19. The molecule has 0 radical (unpaired) electrons. The van der Waals surface area contributed by atoms with Crippen LogP contribution in [-0.4, -0.2) is 37.6 Å². The number of hydrogen-bond acceptors (Lipinski definition) is 4. The molecule has 0 aliphatic rings. The minimum absolute atomic E-state index is 0.00166. The number of anilines is 1. The van der Waals surface area contributed by atoms with Gasteiger partial charge in [-0.2, -0.15) is 0 Å². The lowest BCUT2D eigenvalue weighted by Crippen LogP contribution is -2.26. The summed E-state index contributed by atoms with van der Waals surface area (Å²) in [4.78, 5) is 13.9. The second kappa shape index (κ2) is 7.11. The SMILES string of the molecule is CN(Cc1ccccc1Cl)C(=O)c1cc(NS(C)(=O)=O)ccc1O. The van der Waals surface area contributed by atoms with Crippen LogP contribution in [0.3, 0.4) is 0 Å². The summed E-state index contributed by atoms with van der Waals surface area (Å²) in [5.41, 5.74) is 0.961. The molecule has 8 heteroatoms. The van der Waals surface area contributed by atoms with Crippen molar-refractivity contribution in [2.45, 2.75) is 6.54 Å². The number of phenols is 1. The number of carbonyl (C=O) groups is 1. The van der Waals surface area contributed by atoms with Crippen LogP contribution in [0, 0.1) is 0 Å². The van der Waals surface area contributed by atoms with E-state index >= 15 is 0 Å². The van der Waals surface area contributed by atoms with E-state index in [4.69, 9.17) is 11.6 Å². The Kier molecular flexibility index (Phi) is 5.36. The lowest BCUT2D eigenvalue weighted by molar-refractivity contribution is 0.0782. The first-order valence-corrected chi connectivity index (χ1v) is 9.24. The molecule has 2 aromatic rings. The second-order valence-electron chi connectivity index (χ2n) is 5.36. The Bertz CT molecular complexity index is 868. The summed E-state index contributed by atoms with van der Waals surface area (Å²) in [6, 6.07) is 11.1. The fraction of sp³-hybridized carbons (Fsp3) is 0.188. The molecule has 0 aliphatic heterocycles. The normalized spacial score (nSPS) is 11.1. The van der Waals surface area contributed by atoms with Crippen LogP contribution in [0.5, 0.6) is 5.75 Å². The summed E-state index contributed by atoms with van der Waals surface area (Å²) in [5.74, 6) is -0.686. The third-order valence-corrected chi connectivity index (χ3v) is 4.22. The minimum atomic E-state index is -3.48. The largest absolute Gasteiger partial charge is 0.507 e. The third-order valence-electron chi connectivity index (χ3n) is 3.24. The fourth-order valence-electron chi connectivity index (χ4n) is 2.14. The first-order valence-electron chi connectivity index (χ1n) is 6.97. The van der Waals surface area contributed by atoms with E-state index in [0.717, 1.165) is 11.8 Å². The van der Waals surface area contributed by atoms with Gasteiger partial charge in [-0.15, -0.1) is 0 Å². The molecule has 2 N–H and O–H groups in total. The standard InChI is InChI=1S/C16H17ClN2O4S/c1-19(10-11-5-3-4-6-14(11)17)16(21)13-9-12(7-8-15(13)20)18-24(2,22)23/h3-9,18,20H,10H2,1-2H3. The molecule has 2 rings (SSSR count). The van der Waals surface area contributed by atoms with Gasteiger partial charge in [0, 0.05) is 24.3 Å². The molecule has 0 saturated carbocycles. The number of aromatic hydroxyl groups is 1. The molecule has 0 unspecified atom stereocenters. The van der Waals surface area contributed by atoms with E-state index < -0.39 is 15.9 Å². The Morgan fingerprint density at radius 3 is 2.54 bits per heavy atom. The summed E-state index contributed by atoms with van der Waals surface area (Å²) in [5, 5.41) is 10.5. The van der Waals surface area contributed by atoms with Crippen LogP contribution < -0.4 is 4.72 Å². The summed E-state index contributed by atoms with van der Waals surface area (Å²) < 4.78 is 24.9. The first kappa shape index (κ1) is 18.1. The second-order valence-corrected chi connectivity index (χ2v) is 7.51. The zero-order chi connectivity index (χ0) is 17.9. The smallest absolute Gasteiger partial charge is 0.257 e. The molecule has 1 amide bonds. The van der Waals surface area contributed by atoms with Crippen LogP contribution in [0.25, 0.3) is 0 Å². The van der Waals surface area contributed by atoms with Crippen molar-refractivity contribution in [3.05, 3.63) is 58.6 Å². The monoisotopic (exact) mass is 368 g/mol. The topological polar surface area (TPSA) is 86.7 Å². The van der Waals surface area contributed by atoms with Crippen LogP contribution >= 0.6 is 11.6 Å². The van der Waals surface area contributed by atoms with Crippen molar-refractivity contribution in [3.63, 3.8) is 0 Å². The highest BCUT2D eigenvalue weighted by Crippen LogP contribution is 2.24. The predicted octanol–water partition coefficient (Wildman–Crippen LogP) is 2.69. The maximum Gasteiger partial charge on any atom is 0.257 e. The van der Waals surface area contributed by atoms with E-state index in [0.29, 0.717) is 5.02 Å². The molecule has 6 nitrogen and oxygen atoms in total. The Morgan fingerprint density at radius 1 is 1.25 bits per heavy atom. The van der Waals surface area contributed by atoms with Crippen LogP contribution in [0.4, 0.5) is 5.69 Å². The van der Waals surface area contributed by atoms with Gasteiger partial charge in [0.1, 0.15) is 5.75 Å². The predicted molar refractivity (Wildman–Crippen MR) is 93.8 cm³/mol. The van der Waals surface area contributed by atoms with E-state index in [2.05, 4.69) is 4.72 Å². The van der Waals surface area contributed by atoms with Crippen molar-refractivity contribution in [1.29, 1.82) is 0 Å². The molecule has 0 fully saturated rings. The van der Waals surface area contributed by atoms with Crippen LogP contribution in [-0.2, 0) is 16.6 Å². The average molecular weight is 369 g/mol. The summed E-state index contributed by atoms with van der Waals surface area (Å²) in [6.45, 7) is 0.252. The van der Waals surface area contributed by atoms with Crippen LogP contribution in [0.2, 0.25) is 5.02 Å². The molecule has 0 bridgehead atoms. The molecule has 24 heavy (non-hydrogen) atoms. The highest BCUT2D eigenvalue weighted by molar-refractivity contribution is 7.92. The van der Waals surface area contributed by atoms with Crippen molar-refractivity contribution < 1.29 is 18.3 Å². The van der Waals surface area contributed by atoms with E-state index in [1.165, 1.54) is 23.1 Å². The minimum Gasteiger partial charge on any atom is -0.507 e. The third kappa shape index (κ3) is 4.62. The van der Waals surface area contributed by atoms with Gasteiger partial charge in [0.25, 0.3) is 5.91 Å². The number of carbonyl (C=O) groups excluding carboxylic acids is 1. The van der Waals surface area contributed by atoms with Crippen molar-refractivity contribution in [2.24, 2.45) is 0 Å². The number of sulfonamides is 1. The fourth-order valence-corrected chi connectivity index (χ4v) is 2.90. The molecule has 0 atom stereocenters. The van der Waals surface area contributed by atoms with Gasteiger partial charge in [0.2, 0.25) is 10.0 Å². The zero-order valence-corrected chi connectivity index (χ0v) is 14.7. The number of nitrogens with zero attached hydrogens (tertiary/aromatic N) is 1. The van der Waals surface area contributed by atoms with E-state index in [1.54, 1.807) is 25.2 Å². The Hall–Kier alpha value is -2.25. The zero-order valence-electron chi connectivity index (χ0n) is 13.2. The molecule has 0 saturated heterocycles. The number of rotatable bonds is 5. The van der Waals surface area contributed by atoms with Gasteiger partial charge in [-0.1, -0.05) is 29.8 Å². The van der Waals surface area contributed by atoms with Gasteiger partial charge >= 0.3 is 0 Å². The Morgan fingerprint density at radius 2 is 1.92 bits per heavy atom. The average Bonchev–Trinajstić information content (AvgIpc) is 2.49. The van der Waals surface area contributed by atoms with Crippen molar-refractivity contribution in [1.82, 2.24) is 4.90 Å². The molecule has 0 heterocycles. The summed E-state index contributed by atoms with van der Waals surface area (Å²) >= 11 is 6.08. The number of benzene rings is 2. The molecule has 2 aromatic carbocycles. The maximum atomic E-state index is 12.5. The molecular weight excluding hydrogens is 352 g/mol. The Balaban J connectivity index is 2.25. The van der Waals surface area contributed by atoms with Crippen molar-refractivity contribution in [2.75, 3.05) is 18.0 Å². The van der Waals surface area contributed by atoms with Crippen molar-refractivity contribution >= 4 is 33.2 Å². The van der Waals surface area contributed by atoms with E-state index in [9.17, 15) is 18.3 Å². The molecular formula is C16H17ClN2O4S. The van der Waals surface area contributed by atoms with E-state index in [-0.39, 0.29) is 23.5 Å². The summed E-state index contributed by atoms with van der Waals surface area (Å²) in [7, 11) is -1.91. The van der Waals surface area contributed by atoms with Gasteiger partial charge in [0.15, 0.2) is 0 Å². The van der Waals surface area contributed by atoms with Gasteiger partial charge in [-0.3, -0.25) is 9.52 Å². The van der Waals surface area contributed by atoms with Crippen LogP contribution in [0.1, 0.15) is 15.9 Å². The number of halogens is 1. The van der Waals surface area contributed by atoms with Crippen LogP contribution in [0.15, 0.2) is 42.5 Å². The first-order chi connectivity index (χ1) is 11.2. The maximum absolute atomic E-state index is 12.5. The van der Waals surface area contributed by atoms with Gasteiger partial charge in [-0.25, -0.2) is 8.42 Å². The number of amides is 1. The molecule has 0 aliphatic carbocycles. The number of hydrogen-bond donors (Lipinski definition) is 2. The number of nitrogens with one attached hydrogen (secondary N) is 1. The van der Waals surface area contributed by atoms with E-state index in [1.807, 2.05) is 6.07 Å².